The van der Waals surface area contributed by atoms with E-state index in [1.807, 2.05) is 31.3 Å². The molecule has 0 bridgehead atoms. The molecule has 0 N–H and O–H groups in total. The van der Waals surface area contributed by atoms with Crippen molar-refractivity contribution in [2.24, 2.45) is 5.41 Å². The van der Waals surface area contributed by atoms with Gasteiger partial charge in [0.15, 0.2) is 5.78 Å². The van der Waals surface area contributed by atoms with Gasteiger partial charge < -0.3 is 0 Å². The Morgan fingerprint density at radius 2 is 1.78 bits per heavy atom. The van der Waals surface area contributed by atoms with Crippen LogP contribution in [-0.2, 0) is 0 Å². The number of halogens is 1. The first kappa shape index (κ1) is 15.6. The third-order valence-electron chi connectivity index (χ3n) is 3.47. The fraction of sp³-hybridized carbons (Fsp3) is 0.533. The zero-order valence-corrected chi connectivity index (χ0v) is 14.0. The first-order valence-corrected chi connectivity index (χ1v) is 7.28. The molecule has 0 aliphatic carbocycles. The number of carbonyl (C=O) groups is 1. The van der Waals surface area contributed by atoms with Gasteiger partial charge in [0, 0.05) is 15.2 Å². The summed E-state index contributed by atoms with van der Waals surface area (Å²) in [5.41, 5.74) is 0.976. The molecule has 0 spiro atoms. The summed E-state index contributed by atoms with van der Waals surface area (Å²) in [4.78, 5) is 14.3. The Morgan fingerprint density at radius 1 is 1.28 bits per heavy atom. The highest BCUT2D eigenvalue weighted by Crippen LogP contribution is 2.23. The summed E-state index contributed by atoms with van der Waals surface area (Å²) in [7, 11) is 2.01. The summed E-state index contributed by atoms with van der Waals surface area (Å²) in [6.45, 7) is 9.23. The molecule has 0 heterocycles. The van der Waals surface area contributed by atoms with Crippen LogP contribution >= 0.6 is 22.6 Å². The highest BCUT2D eigenvalue weighted by molar-refractivity contribution is 14.1. The van der Waals surface area contributed by atoms with Crippen LogP contribution in [0.4, 0.5) is 0 Å². The molecule has 0 radical (unpaired) electrons. The lowest BCUT2D eigenvalue weighted by Gasteiger charge is -2.34. The van der Waals surface area contributed by atoms with E-state index in [0.717, 1.165) is 9.13 Å². The first-order valence-electron chi connectivity index (χ1n) is 6.21. The molecule has 0 saturated heterocycles. The lowest BCUT2D eigenvalue weighted by molar-refractivity contribution is 0.0853. The number of hydrogen-bond acceptors (Lipinski definition) is 2. The topological polar surface area (TPSA) is 20.3 Å². The van der Waals surface area contributed by atoms with Crippen molar-refractivity contribution in [2.45, 2.75) is 33.7 Å². The normalized spacial score (nSPS) is 13.7. The van der Waals surface area contributed by atoms with E-state index in [4.69, 9.17) is 0 Å². The van der Waals surface area contributed by atoms with Gasteiger partial charge in [-0.2, -0.15) is 0 Å². The van der Waals surface area contributed by atoms with E-state index in [1.54, 1.807) is 0 Å². The molecule has 1 rings (SSSR count). The van der Waals surface area contributed by atoms with Crippen LogP contribution in [-0.4, -0.2) is 30.3 Å². The van der Waals surface area contributed by atoms with Gasteiger partial charge in [0.25, 0.3) is 0 Å². The number of benzene rings is 1. The van der Waals surface area contributed by atoms with E-state index in [1.165, 1.54) is 0 Å². The Balaban J connectivity index is 2.68. The molecule has 18 heavy (non-hydrogen) atoms. The molecule has 3 heteroatoms. The van der Waals surface area contributed by atoms with Crippen molar-refractivity contribution in [1.29, 1.82) is 0 Å². The Kier molecular flexibility index (Phi) is 5.34. The standard InChI is InChI=1S/C15H22INO/c1-11(15(2,3)4)17(5)10-14(18)12-6-8-13(16)9-7-12/h6-9,11H,10H2,1-5H3. The lowest BCUT2D eigenvalue weighted by atomic mass is 9.87. The molecule has 0 fully saturated rings. The number of hydrogen-bond donors (Lipinski definition) is 0. The zero-order valence-electron chi connectivity index (χ0n) is 11.8. The summed E-state index contributed by atoms with van der Waals surface area (Å²) in [5.74, 6) is 0.185. The average Bonchev–Trinajstić information content (AvgIpc) is 2.27. The number of Topliss-reactive ketones (excluding diaryl/α,β-unsaturated/α-hetero) is 1. The van der Waals surface area contributed by atoms with Crippen molar-refractivity contribution < 1.29 is 4.79 Å². The fourth-order valence-corrected chi connectivity index (χ4v) is 2.11. The maximum Gasteiger partial charge on any atom is 0.176 e. The Hall–Kier alpha value is -0.420. The molecular weight excluding hydrogens is 337 g/mol. The summed E-state index contributed by atoms with van der Waals surface area (Å²) in [6, 6.07) is 8.12. The van der Waals surface area contributed by atoms with Gasteiger partial charge in [0.05, 0.1) is 6.54 Å². The van der Waals surface area contributed by atoms with Crippen LogP contribution in [0.2, 0.25) is 0 Å². The van der Waals surface area contributed by atoms with Crippen molar-refractivity contribution in [3.05, 3.63) is 33.4 Å². The minimum Gasteiger partial charge on any atom is -0.296 e. The van der Waals surface area contributed by atoms with Gasteiger partial charge in [0.2, 0.25) is 0 Å². The van der Waals surface area contributed by atoms with Gasteiger partial charge in [-0.3, -0.25) is 9.69 Å². The van der Waals surface area contributed by atoms with E-state index >= 15 is 0 Å². The van der Waals surface area contributed by atoms with Crippen LogP contribution in [0.15, 0.2) is 24.3 Å². The van der Waals surface area contributed by atoms with Gasteiger partial charge in [-0.1, -0.05) is 32.9 Å². The number of likely N-dealkylation sites (N-methyl/N-ethyl adjacent to an activating group) is 1. The quantitative estimate of drug-likeness (QED) is 0.601. The number of carbonyl (C=O) groups excluding carboxylic acids is 1. The molecule has 1 aromatic rings. The van der Waals surface area contributed by atoms with Crippen molar-refractivity contribution in [1.82, 2.24) is 4.90 Å². The molecule has 2 nitrogen and oxygen atoms in total. The van der Waals surface area contributed by atoms with E-state index < -0.39 is 0 Å². The highest BCUT2D eigenvalue weighted by atomic mass is 127. The predicted molar refractivity (Wildman–Crippen MR) is 85.0 cm³/mol. The second-order valence-corrected chi connectivity index (χ2v) is 7.13. The summed E-state index contributed by atoms with van der Waals surface area (Å²) < 4.78 is 1.15. The van der Waals surface area contributed by atoms with E-state index in [-0.39, 0.29) is 11.2 Å². The predicted octanol–water partition coefficient (Wildman–Crippen LogP) is 3.84. The monoisotopic (exact) mass is 359 g/mol. The van der Waals surface area contributed by atoms with Crippen LogP contribution in [0.25, 0.3) is 0 Å². The maximum atomic E-state index is 12.2. The SMILES string of the molecule is CC(N(C)CC(=O)c1ccc(I)cc1)C(C)(C)C. The van der Waals surface area contributed by atoms with E-state index in [9.17, 15) is 4.79 Å². The lowest BCUT2D eigenvalue weighted by Crippen LogP contribution is -2.41. The number of rotatable bonds is 4. The van der Waals surface area contributed by atoms with E-state index in [0.29, 0.717) is 12.6 Å². The van der Waals surface area contributed by atoms with Gasteiger partial charge in [-0.15, -0.1) is 0 Å². The van der Waals surface area contributed by atoms with Crippen LogP contribution in [0.1, 0.15) is 38.1 Å². The summed E-state index contributed by atoms with van der Waals surface area (Å²) in [6.07, 6.45) is 0. The molecule has 0 aliphatic rings. The molecule has 100 valence electrons. The molecule has 1 aromatic carbocycles. The van der Waals surface area contributed by atoms with Crippen molar-refractivity contribution in [3.8, 4) is 0 Å². The Labute approximate surface area is 124 Å². The van der Waals surface area contributed by atoms with Crippen LogP contribution in [0.5, 0.6) is 0 Å². The minimum atomic E-state index is 0.182. The van der Waals surface area contributed by atoms with Crippen LogP contribution < -0.4 is 0 Å². The molecule has 1 unspecified atom stereocenters. The summed E-state index contributed by atoms with van der Waals surface area (Å²) >= 11 is 2.24. The van der Waals surface area contributed by atoms with Crippen LogP contribution in [0, 0.1) is 8.99 Å². The minimum absolute atomic E-state index is 0.182. The van der Waals surface area contributed by atoms with Crippen molar-refractivity contribution in [2.75, 3.05) is 13.6 Å². The average molecular weight is 359 g/mol. The maximum absolute atomic E-state index is 12.2. The number of nitrogens with zero attached hydrogens (tertiary/aromatic N) is 1. The first-order chi connectivity index (χ1) is 8.21. The fourth-order valence-electron chi connectivity index (χ4n) is 1.75. The molecule has 0 saturated carbocycles. The summed E-state index contributed by atoms with van der Waals surface area (Å²) in [5, 5.41) is 0. The second kappa shape index (κ2) is 6.15. The number of ketones is 1. The Morgan fingerprint density at radius 3 is 2.22 bits per heavy atom. The van der Waals surface area contributed by atoms with Crippen molar-refractivity contribution >= 4 is 28.4 Å². The van der Waals surface area contributed by atoms with Gasteiger partial charge in [-0.25, -0.2) is 0 Å². The smallest absolute Gasteiger partial charge is 0.176 e. The highest BCUT2D eigenvalue weighted by Gasteiger charge is 2.25. The second-order valence-electron chi connectivity index (χ2n) is 5.89. The molecule has 0 amide bonds. The largest absolute Gasteiger partial charge is 0.296 e. The van der Waals surface area contributed by atoms with Crippen LogP contribution in [0.3, 0.4) is 0 Å². The third kappa shape index (κ3) is 4.35. The third-order valence-corrected chi connectivity index (χ3v) is 4.19. The van der Waals surface area contributed by atoms with Crippen molar-refractivity contribution in [3.63, 3.8) is 0 Å². The molecule has 1 atom stereocenters. The Bertz CT molecular complexity index is 405. The van der Waals surface area contributed by atoms with Gasteiger partial charge >= 0.3 is 0 Å². The molecular formula is C15H22INO. The zero-order chi connectivity index (χ0) is 13.9. The van der Waals surface area contributed by atoms with E-state index in [2.05, 4.69) is 55.2 Å². The van der Waals surface area contributed by atoms with Gasteiger partial charge in [-0.05, 0) is 54.1 Å². The molecule has 0 aliphatic heterocycles. The molecule has 0 aromatic heterocycles. The van der Waals surface area contributed by atoms with Gasteiger partial charge in [0.1, 0.15) is 0 Å².